The molecule has 0 bridgehead atoms. The van der Waals surface area contributed by atoms with E-state index in [1.165, 1.54) is 17.8 Å². The van der Waals surface area contributed by atoms with Crippen LogP contribution in [-0.2, 0) is 11.6 Å². The summed E-state index contributed by atoms with van der Waals surface area (Å²) in [5, 5.41) is 6.95. The number of hydrogen-bond donors (Lipinski definition) is 2. The van der Waals surface area contributed by atoms with Gasteiger partial charge in [0.1, 0.15) is 12.0 Å². The lowest BCUT2D eigenvalue weighted by Crippen LogP contribution is -2.40. The maximum absolute atomic E-state index is 13.7. The lowest BCUT2D eigenvalue weighted by molar-refractivity contribution is -0.137. The zero-order valence-corrected chi connectivity index (χ0v) is 22.2. The molecule has 0 radical (unpaired) electrons. The van der Waals surface area contributed by atoms with Crippen molar-refractivity contribution in [3.63, 3.8) is 0 Å². The number of amidine groups is 1. The van der Waals surface area contributed by atoms with E-state index < -0.39 is 11.7 Å². The van der Waals surface area contributed by atoms with Gasteiger partial charge in [0.05, 0.1) is 11.3 Å². The number of alkyl halides is 3. The second kappa shape index (κ2) is 10.1. The van der Waals surface area contributed by atoms with Gasteiger partial charge in [-0.1, -0.05) is 39.0 Å². The van der Waals surface area contributed by atoms with Crippen molar-refractivity contribution in [1.29, 1.82) is 0 Å². The molecule has 2 atom stereocenters. The molecule has 2 N–H and O–H groups in total. The summed E-state index contributed by atoms with van der Waals surface area (Å²) in [5.41, 5.74) is 3.32. The Bertz CT molecular complexity index is 1320. The summed E-state index contributed by atoms with van der Waals surface area (Å²) in [6, 6.07) is 16.4. The second-order valence-corrected chi connectivity index (χ2v) is 11.2. The van der Waals surface area contributed by atoms with E-state index in [0.29, 0.717) is 17.4 Å². The number of benzene rings is 2. The quantitative estimate of drug-likeness (QED) is 0.383. The molecule has 1 fully saturated rings. The molecule has 2 aliphatic rings. The molecule has 1 aromatic heterocycles. The Labute approximate surface area is 222 Å². The molecular formula is C30H34F3N5. The number of nitrogens with zero attached hydrogens (tertiary/aromatic N) is 3. The normalized spacial score (nSPS) is 20.0. The Kier molecular flexibility index (Phi) is 6.94. The van der Waals surface area contributed by atoms with E-state index in [2.05, 4.69) is 60.3 Å². The summed E-state index contributed by atoms with van der Waals surface area (Å²) < 4.78 is 41.1. The number of hydrogen-bond acceptors (Lipinski definition) is 5. The molecule has 0 saturated carbocycles. The Balaban J connectivity index is 1.50. The highest BCUT2D eigenvalue weighted by Gasteiger charge is 2.35. The van der Waals surface area contributed by atoms with Gasteiger partial charge in [0, 0.05) is 41.3 Å². The van der Waals surface area contributed by atoms with Gasteiger partial charge < -0.3 is 10.6 Å². The topological polar surface area (TPSA) is 52.5 Å². The van der Waals surface area contributed by atoms with Gasteiger partial charge in [-0.15, -0.1) is 0 Å². The summed E-state index contributed by atoms with van der Waals surface area (Å²) in [4.78, 5) is 11.5. The van der Waals surface area contributed by atoms with Crippen molar-refractivity contribution in [1.82, 2.24) is 9.88 Å². The number of aliphatic imine (C=N–C) groups is 1. The van der Waals surface area contributed by atoms with Crippen LogP contribution in [-0.4, -0.2) is 41.0 Å². The standard InChI is InChI=1S/C30H34F3N5/c1-19-7-6-16-38(19)18-26-36-25-17-20(27-24(30(31,32)33)8-5-15-34-27)9-14-23(25)28(37-26)35-22-12-10-21(11-13-22)29(2,3)4/h5,8-15,17,19,26,36H,6-7,16,18H2,1-4H3,(H,35,37)/t19-,26?/m1/s1. The largest absolute Gasteiger partial charge is 0.418 e. The van der Waals surface area contributed by atoms with E-state index >= 15 is 0 Å². The molecule has 3 aromatic rings. The van der Waals surface area contributed by atoms with Crippen molar-refractivity contribution in [3.8, 4) is 11.3 Å². The number of likely N-dealkylation sites (tertiary alicyclic amines) is 1. The first-order valence-electron chi connectivity index (χ1n) is 13.1. The summed E-state index contributed by atoms with van der Waals surface area (Å²) in [5.74, 6) is 0.697. The predicted octanol–water partition coefficient (Wildman–Crippen LogP) is 7.16. The average Bonchev–Trinajstić information content (AvgIpc) is 3.27. The smallest absolute Gasteiger partial charge is 0.362 e. The highest BCUT2D eigenvalue weighted by atomic mass is 19.4. The third-order valence-electron chi connectivity index (χ3n) is 7.38. The molecule has 38 heavy (non-hydrogen) atoms. The molecule has 0 spiro atoms. The van der Waals surface area contributed by atoms with Crippen LogP contribution in [0.4, 0.5) is 24.5 Å². The van der Waals surface area contributed by atoms with Crippen molar-refractivity contribution in [2.75, 3.05) is 23.7 Å². The number of halogens is 3. The van der Waals surface area contributed by atoms with Crippen LogP contribution in [0, 0.1) is 0 Å². The Morgan fingerprint density at radius 3 is 2.47 bits per heavy atom. The van der Waals surface area contributed by atoms with E-state index in [0.717, 1.165) is 48.9 Å². The molecular weight excluding hydrogens is 487 g/mol. The Morgan fingerprint density at radius 2 is 1.82 bits per heavy atom. The number of aromatic nitrogens is 1. The number of nitrogens with one attached hydrogen (secondary N) is 2. The highest BCUT2D eigenvalue weighted by molar-refractivity contribution is 6.13. The number of anilines is 2. The monoisotopic (exact) mass is 521 g/mol. The molecule has 1 saturated heterocycles. The molecule has 0 aliphatic carbocycles. The van der Waals surface area contributed by atoms with E-state index in [1.807, 2.05) is 18.2 Å². The van der Waals surface area contributed by atoms with Gasteiger partial charge in [0.15, 0.2) is 0 Å². The number of rotatable bonds is 4. The van der Waals surface area contributed by atoms with Crippen LogP contribution in [0.2, 0.25) is 0 Å². The molecule has 200 valence electrons. The second-order valence-electron chi connectivity index (χ2n) is 11.2. The lowest BCUT2D eigenvalue weighted by Gasteiger charge is -2.31. The zero-order chi connectivity index (χ0) is 27.1. The summed E-state index contributed by atoms with van der Waals surface area (Å²) in [6.45, 7) is 10.5. The molecule has 2 aliphatic heterocycles. The third-order valence-corrected chi connectivity index (χ3v) is 7.38. The Morgan fingerprint density at radius 1 is 1.05 bits per heavy atom. The predicted molar refractivity (Wildman–Crippen MR) is 148 cm³/mol. The number of pyridine rings is 1. The van der Waals surface area contributed by atoms with Gasteiger partial charge in [-0.25, -0.2) is 4.99 Å². The maximum Gasteiger partial charge on any atom is 0.418 e. The van der Waals surface area contributed by atoms with Crippen molar-refractivity contribution in [2.45, 2.75) is 64.3 Å². The Hall–Kier alpha value is -3.39. The first kappa shape index (κ1) is 26.2. The van der Waals surface area contributed by atoms with Gasteiger partial charge in [-0.3, -0.25) is 9.88 Å². The van der Waals surface area contributed by atoms with E-state index in [9.17, 15) is 13.2 Å². The van der Waals surface area contributed by atoms with Crippen LogP contribution in [0.5, 0.6) is 0 Å². The van der Waals surface area contributed by atoms with Gasteiger partial charge in [-0.05, 0) is 73.7 Å². The van der Waals surface area contributed by atoms with Crippen LogP contribution >= 0.6 is 0 Å². The maximum atomic E-state index is 13.7. The fourth-order valence-electron chi connectivity index (χ4n) is 5.18. The van der Waals surface area contributed by atoms with Crippen LogP contribution < -0.4 is 10.6 Å². The molecule has 2 aromatic carbocycles. The fourth-order valence-corrected chi connectivity index (χ4v) is 5.18. The van der Waals surface area contributed by atoms with Crippen molar-refractivity contribution < 1.29 is 13.2 Å². The summed E-state index contributed by atoms with van der Waals surface area (Å²) in [6.07, 6.45) is -1.02. The average molecular weight is 522 g/mol. The van der Waals surface area contributed by atoms with Gasteiger partial charge in [0.2, 0.25) is 0 Å². The molecule has 8 heteroatoms. The van der Waals surface area contributed by atoms with E-state index in [1.54, 1.807) is 12.1 Å². The molecule has 1 unspecified atom stereocenters. The van der Waals surface area contributed by atoms with Crippen molar-refractivity contribution in [3.05, 3.63) is 77.5 Å². The molecule has 3 heterocycles. The van der Waals surface area contributed by atoms with E-state index in [4.69, 9.17) is 4.99 Å². The molecule has 0 amide bonds. The summed E-state index contributed by atoms with van der Waals surface area (Å²) in [7, 11) is 0. The van der Waals surface area contributed by atoms with Crippen molar-refractivity contribution >= 4 is 17.2 Å². The first-order chi connectivity index (χ1) is 18.0. The molecule has 5 rings (SSSR count). The van der Waals surface area contributed by atoms with Gasteiger partial charge >= 0.3 is 6.18 Å². The highest BCUT2D eigenvalue weighted by Crippen LogP contribution is 2.38. The van der Waals surface area contributed by atoms with Gasteiger partial charge in [0.25, 0.3) is 0 Å². The minimum Gasteiger partial charge on any atom is -0.362 e. The fraction of sp³-hybridized carbons (Fsp3) is 0.400. The van der Waals surface area contributed by atoms with Gasteiger partial charge in [-0.2, -0.15) is 13.2 Å². The van der Waals surface area contributed by atoms with Crippen LogP contribution in [0.25, 0.3) is 11.3 Å². The third kappa shape index (κ3) is 5.55. The van der Waals surface area contributed by atoms with Crippen LogP contribution in [0.1, 0.15) is 57.2 Å². The zero-order valence-electron chi connectivity index (χ0n) is 22.2. The van der Waals surface area contributed by atoms with Crippen LogP contribution in [0.15, 0.2) is 65.8 Å². The number of fused-ring (bicyclic) bond motifs is 1. The first-order valence-corrected chi connectivity index (χ1v) is 13.1. The molecule has 5 nitrogen and oxygen atoms in total. The SMILES string of the molecule is C[C@@H]1CCCN1CC1N=C(Nc2ccc(C(C)(C)C)cc2)c2ccc(-c3ncccc3C(F)(F)F)cc2N1. The summed E-state index contributed by atoms with van der Waals surface area (Å²) >= 11 is 0. The van der Waals surface area contributed by atoms with E-state index in [-0.39, 0.29) is 17.3 Å². The minimum absolute atomic E-state index is 0.0477. The lowest BCUT2D eigenvalue weighted by atomic mass is 9.87. The van der Waals surface area contributed by atoms with Crippen molar-refractivity contribution in [2.24, 2.45) is 4.99 Å². The minimum atomic E-state index is -4.49. The van der Waals surface area contributed by atoms with Crippen LogP contribution in [0.3, 0.4) is 0 Å².